The van der Waals surface area contributed by atoms with Gasteiger partial charge < -0.3 is 15.6 Å². The number of benzene rings is 1. The first kappa shape index (κ1) is 16.1. The molecule has 1 aromatic heterocycles. The van der Waals surface area contributed by atoms with Gasteiger partial charge in [-0.1, -0.05) is 39.0 Å². The van der Waals surface area contributed by atoms with Crippen LogP contribution in [0.5, 0.6) is 0 Å². The minimum atomic E-state index is -0.685. The van der Waals surface area contributed by atoms with Crippen LogP contribution in [0.4, 0.5) is 0 Å². The van der Waals surface area contributed by atoms with Crippen LogP contribution in [0.2, 0.25) is 0 Å². The van der Waals surface area contributed by atoms with Crippen LogP contribution < -0.4 is 11.1 Å². The van der Waals surface area contributed by atoms with Crippen LogP contribution in [0.3, 0.4) is 0 Å². The predicted octanol–water partition coefficient (Wildman–Crippen LogP) is 1.74. The Morgan fingerprint density at radius 2 is 1.91 bits per heavy atom. The molecule has 3 N–H and O–H groups in total. The number of primary amides is 1. The molecule has 0 aliphatic heterocycles. The molecule has 0 unspecified atom stereocenters. The van der Waals surface area contributed by atoms with Crippen LogP contribution in [0.15, 0.2) is 30.5 Å². The Morgan fingerprint density at radius 3 is 2.50 bits per heavy atom. The van der Waals surface area contributed by atoms with E-state index in [0.29, 0.717) is 0 Å². The van der Waals surface area contributed by atoms with E-state index < -0.39 is 17.4 Å². The summed E-state index contributed by atoms with van der Waals surface area (Å²) in [7, 11) is 1.95. The van der Waals surface area contributed by atoms with Crippen molar-refractivity contribution < 1.29 is 9.59 Å². The van der Waals surface area contributed by atoms with E-state index in [1.807, 2.05) is 62.8 Å². The summed E-state index contributed by atoms with van der Waals surface area (Å²) in [5.74, 6) is -0.714. The third-order valence-corrected chi connectivity index (χ3v) is 3.79. The van der Waals surface area contributed by atoms with Crippen LogP contribution in [-0.2, 0) is 23.1 Å². The molecule has 2 aromatic rings. The van der Waals surface area contributed by atoms with Crippen molar-refractivity contribution in [2.45, 2.75) is 33.2 Å². The number of rotatable bonds is 4. The maximum absolute atomic E-state index is 12.3. The second kappa shape index (κ2) is 5.83. The Morgan fingerprint density at radius 1 is 1.27 bits per heavy atom. The molecule has 0 fully saturated rings. The number of carbonyl (C=O) groups excluding carboxylic acids is 2. The molecule has 2 amide bonds. The zero-order chi connectivity index (χ0) is 16.5. The van der Waals surface area contributed by atoms with Crippen molar-refractivity contribution in [3.8, 4) is 0 Å². The van der Waals surface area contributed by atoms with Crippen molar-refractivity contribution in [2.75, 3.05) is 0 Å². The fraction of sp³-hybridized carbons (Fsp3) is 0.412. The van der Waals surface area contributed by atoms with Crippen molar-refractivity contribution in [3.63, 3.8) is 0 Å². The lowest BCUT2D eigenvalue weighted by atomic mass is 9.86. The van der Waals surface area contributed by atoms with Gasteiger partial charge in [0.2, 0.25) is 11.8 Å². The molecule has 0 aliphatic carbocycles. The van der Waals surface area contributed by atoms with Crippen molar-refractivity contribution in [2.24, 2.45) is 18.2 Å². The highest BCUT2D eigenvalue weighted by molar-refractivity contribution is 5.92. The lowest BCUT2D eigenvalue weighted by Crippen LogP contribution is -2.52. The number of nitrogens with two attached hydrogens (primary N) is 1. The van der Waals surface area contributed by atoms with E-state index in [-0.39, 0.29) is 12.3 Å². The number of amides is 2. The lowest BCUT2D eigenvalue weighted by molar-refractivity contribution is -0.129. The molecule has 0 aliphatic rings. The van der Waals surface area contributed by atoms with Gasteiger partial charge in [-0.3, -0.25) is 9.59 Å². The normalized spacial score (nSPS) is 13.1. The van der Waals surface area contributed by atoms with Crippen LogP contribution >= 0.6 is 0 Å². The van der Waals surface area contributed by atoms with Crippen molar-refractivity contribution >= 4 is 22.7 Å². The molecule has 0 saturated carbocycles. The molecule has 0 spiro atoms. The summed E-state index contributed by atoms with van der Waals surface area (Å²) in [5.41, 5.74) is 7.00. The molecule has 5 heteroatoms. The molecular weight excluding hydrogens is 278 g/mol. The molecular formula is C17H23N3O2. The molecule has 0 bridgehead atoms. The lowest BCUT2D eigenvalue weighted by Gasteiger charge is -2.28. The van der Waals surface area contributed by atoms with Crippen LogP contribution in [0, 0.1) is 5.41 Å². The molecule has 1 heterocycles. The first-order chi connectivity index (χ1) is 10.2. The first-order valence-electron chi connectivity index (χ1n) is 7.32. The van der Waals surface area contributed by atoms with E-state index in [0.717, 1.165) is 16.5 Å². The highest BCUT2D eigenvalue weighted by Gasteiger charge is 2.31. The number of para-hydroxylation sites is 1. The fourth-order valence-electron chi connectivity index (χ4n) is 2.67. The van der Waals surface area contributed by atoms with Gasteiger partial charge >= 0.3 is 0 Å². The Labute approximate surface area is 130 Å². The van der Waals surface area contributed by atoms with Crippen molar-refractivity contribution in [3.05, 3.63) is 36.0 Å². The highest BCUT2D eigenvalue weighted by atomic mass is 16.2. The van der Waals surface area contributed by atoms with E-state index in [2.05, 4.69) is 5.32 Å². The average Bonchev–Trinajstić information content (AvgIpc) is 2.72. The Bertz CT molecular complexity index is 710. The average molecular weight is 301 g/mol. The molecule has 2 rings (SSSR count). The van der Waals surface area contributed by atoms with Gasteiger partial charge in [-0.25, -0.2) is 0 Å². The number of aryl methyl sites for hydroxylation is 1. The zero-order valence-electron chi connectivity index (χ0n) is 13.5. The standard InChI is InChI=1S/C17H23N3O2/c1-17(2,3)15(16(18)22)19-14(21)9-11-10-20(4)13-8-6-5-7-12(11)13/h5-8,10,15H,9H2,1-4H3,(H2,18,22)(H,19,21)/t15-/m1/s1. The molecule has 5 nitrogen and oxygen atoms in total. The Balaban J connectivity index is 2.19. The van der Waals surface area contributed by atoms with Gasteiger partial charge in [0.15, 0.2) is 0 Å². The summed E-state index contributed by atoms with van der Waals surface area (Å²) < 4.78 is 1.99. The summed E-state index contributed by atoms with van der Waals surface area (Å²) in [6.07, 6.45) is 2.17. The second-order valence-electron chi connectivity index (χ2n) is 6.73. The van der Waals surface area contributed by atoms with Gasteiger partial charge in [0.25, 0.3) is 0 Å². The number of aromatic nitrogens is 1. The Hall–Kier alpha value is -2.30. The van der Waals surface area contributed by atoms with E-state index in [1.165, 1.54) is 0 Å². The van der Waals surface area contributed by atoms with E-state index in [1.54, 1.807) is 0 Å². The molecule has 22 heavy (non-hydrogen) atoms. The van der Waals surface area contributed by atoms with Gasteiger partial charge in [0.1, 0.15) is 6.04 Å². The largest absolute Gasteiger partial charge is 0.368 e. The predicted molar refractivity (Wildman–Crippen MR) is 87.2 cm³/mol. The number of carbonyl (C=O) groups is 2. The zero-order valence-corrected chi connectivity index (χ0v) is 13.5. The number of nitrogens with one attached hydrogen (secondary N) is 1. The third kappa shape index (κ3) is 3.30. The van der Waals surface area contributed by atoms with Gasteiger partial charge in [-0.05, 0) is 17.0 Å². The maximum Gasteiger partial charge on any atom is 0.240 e. The molecule has 1 atom stereocenters. The van der Waals surface area contributed by atoms with E-state index >= 15 is 0 Å². The minimum absolute atomic E-state index is 0.199. The summed E-state index contributed by atoms with van der Waals surface area (Å²) in [4.78, 5) is 23.9. The number of hydrogen-bond donors (Lipinski definition) is 2. The second-order valence-corrected chi connectivity index (χ2v) is 6.73. The topological polar surface area (TPSA) is 77.1 Å². The summed E-state index contributed by atoms with van der Waals surface area (Å²) in [5, 5.41) is 3.80. The SMILES string of the molecule is Cn1cc(CC(=O)N[C@H](C(N)=O)C(C)(C)C)c2ccccc21. The van der Waals surface area contributed by atoms with Crippen LogP contribution in [0.1, 0.15) is 26.3 Å². The summed E-state index contributed by atoms with van der Waals surface area (Å²) >= 11 is 0. The minimum Gasteiger partial charge on any atom is -0.368 e. The van der Waals surface area contributed by atoms with E-state index in [9.17, 15) is 9.59 Å². The fourth-order valence-corrected chi connectivity index (χ4v) is 2.67. The summed E-state index contributed by atoms with van der Waals surface area (Å²) in [6.45, 7) is 5.63. The van der Waals surface area contributed by atoms with Gasteiger partial charge in [-0.15, -0.1) is 0 Å². The van der Waals surface area contributed by atoms with Gasteiger partial charge in [0.05, 0.1) is 6.42 Å². The van der Waals surface area contributed by atoms with E-state index in [4.69, 9.17) is 5.73 Å². The third-order valence-electron chi connectivity index (χ3n) is 3.79. The molecule has 0 saturated heterocycles. The molecule has 0 radical (unpaired) electrons. The highest BCUT2D eigenvalue weighted by Crippen LogP contribution is 2.22. The van der Waals surface area contributed by atoms with Crippen molar-refractivity contribution in [1.29, 1.82) is 0 Å². The molecule has 1 aromatic carbocycles. The van der Waals surface area contributed by atoms with Crippen molar-refractivity contribution in [1.82, 2.24) is 9.88 Å². The number of fused-ring (bicyclic) bond motifs is 1. The monoisotopic (exact) mass is 301 g/mol. The molecule has 118 valence electrons. The van der Waals surface area contributed by atoms with Crippen LogP contribution in [0.25, 0.3) is 10.9 Å². The number of nitrogens with zero attached hydrogens (tertiary/aromatic N) is 1. The Kier molecular flexibility index (Phi) is 4.26. The smallest absolute Gasteiger partial charge is 0.240 e. The maximum atomic E-state index is 12.3. The van der Waals surface area contributed by atoms with Gasteiger partial charge in [-0.2, -0.15) is 0 Å². The van der Waals surface area contributed by atoms with Crippen LogP contribution in [-0.4, -0.2) is 22.4 Å². The number of hydrogen-bond acceptors (Lipinski definition) is 2. The first-order valence-corrected chi connectivity index (χ1v) is 7.32. The quantitative estimate of drug-likeness (QED) is 0.902. The van der Waals surface area contributed by atoms with Gasteiger partial charge in [0, 0.05) is 24.1 Å². The summed E-state index contributed by atoms with van der Waals surface area (Å²) in [6, 6.07) is 7.24.